The maximum atomic E-state index is 13.1. The van der Waals surface area contributed by atoms with Crippen LogP contribution in [-0.2, 0) is 20.6 Å². The van der Waals surface area contributed by atoms with Gasteiger partial charge in [-0.3, -0.25) is 13.9 Å². The van der Waals surface area contributed by atoms with E-state index in [0.29, 0.717) is 12.2 Å². The first-order chi connectivity index (χ1) is 10.8. The molecule has 0 fully saturated rings. The molecular formula is C17H22FN3O2. The second-order valence-corrected chi connectivity index (χ2v) is 6.03. The van der Waals surface area contributed by atoms with Crippen molar-refractivity contribution in [1.82, 2.24) is 14.5 Å². The summed E-state index contributed by atoms with van der Waals surface area (Å²) >= 11 is 0. The summed E-state index contributed by atoms with van der Waals surface area (Å²) in [5.41, 5.74) is 0.908. The Balaban J connectivity index is 2.25. The zero-order chi connectivity index (χ0) is 17.1. The molecular weight excluding hydrogens is 297 g/mol. The van der Waals surface area contributed by atoms with Gasteiger partial charge < -0.3 is 5.32 Å². The molecule has 0 aliphatic rings. The average molecular weight is 319 g/mol. The van der Waals surface area contributed by atoms with E-state index in [-0.39, 0.29) is 29.0 Å². The summed E-state index contributed by atoms with van der Waals surface area (Å²) in [6.07, 6.45) is 0. The van der Waals surface area contributed by atoms with Gasteiger partial charge in [-0.15, -0.1) is 0 Å². The van der Waals surface area contributed by atoms with Crippen molar-refractivity contribution in [3.63, 3.8) is 0 Å². The largest absolute Gasteiger partial charge is 0.330 e. The van der Waals surface area contributed by atoms with Crippen LogP contribution in [0.15, 0.2) is 39.9 Å². The van der Waals surface area contributed by atoms with E-state index < -0.39 is 0 Å². The zero-order valence-electron chi connectivity index (χ0n) is 13.8. The van der Waals surface area contributed by atoms with Gasteiger partial charge in [-0.05, 0) is 23.6 Å². The summed E-state index contributed by atoms with van der Waals surface area (Å²) in [5, 5.41) is 3.36. The lowest BCUT2D eigenvalue weighted by molar-refractivity contribution is 0.403. The first-order valence-electron chi connectivity index (χ1n) is 7.56. The van der Waals surface area contributed by atoms with E-state index in [1.165, 1.54) is 29.8 Å². The van der Waals surface area contributed by atoms with Crippen LogP contribution in [0, 0.1) is 11.7 Å². The molecule has 1 N–H and O–H groups in total. The fourth-order valence-electron chi connectivity index (χ4n) is 2.57. The molecule has 0 aliphatic heterocycles. The highest BCUT2D eigenvalue weighted by atomic mass is 19.1. The van der Waals surface area contributed by atoms with Crippen molar-refractivity contribution < 1.29 is 4.39 Å². The van der Waals surface area contributed by atoms with E-state index in [9.17, 15) is 14.0 Å². The highest BCUT2D eigenvalue weighted by molar-refractivity contribution is 5.20. The molecule has 0 bridgehead atoms. The predicted molar refractivity (Wildman–Crippen MR) is 87.7 cm³/mol. The van der Waals surface area contributed by atoms with Crippen LogP contribution in [0.2, 0.25) is 0 Å². The Kier molecular flexibility index (Phi) is 5.15. The zero-order valence-corrected chi connectivity index (χ0v) is 13.8. The van der Waals surface area contributed by atoms with Gasteiger partial charge in [0.15, 0.2) is 0 Å². The summed E-state index contributed by atoms with van der Waals surface area (Å²) in [4.78, 5) is 23.7. The van der Waals surface area contributed by atoms with Crippen LogP contribution in [0.4, 0.5) is 4.39 Å². The van der Waals surface area contributed by atoms with E-state index in [4.69, 9.17) is 0 Å². The SMILES string of the molecule is CC(C)C(NCc1cc(=O)n(C)c(=O)n1C)c1ccc(F)cc1. The molecule has 2 rings (SSSR count). The van der Waals surface area contributed by atoms with Crippen LogP contribution in [0.1, 0.15) is 31.1 Å². The first-order valence-corrected chi connectivity index (χ1v) is 7.56. The molecule has 0 saturated carbocycles. The molecule has 0 spiro atoms. The number of rotatable bonds is 5. The van der Waals surface area contributed by atoms with Crippen LogP contribution in [-0.4, -0.2) is 9.13 Å². The lowest BCUT2D eigenvalue weighted by Crippen LogP contribution is -2.39. The molecule has 1 atom stereocenters. The molecule has 0 aliphatic carbocycles. The Morgan fingerprint density at radius 1 is 1.09 bits per heavy atom. The van der Waals surface area contributed by atoms with Crippen molar-refractivity contribution in [2.75, 3.05) is 0 Å². The van der Waals surface area contributed by atoms with Crippen molar-refractivity contribution in [2.45, 2.75) is 26.4 Å². The van der Waals surface area contributed by atoms with Crippen LogP contribution < -0.4 is 16.6 Å². The Morgan fingerprint density at radius 2 is 1.70 bits per heavy atom. The molecule has 0 radical (unpaired) electrons. The van der Waals surface area contributed by atoms with E-state index in [0.717, 1.165) is 10.1 Å². The number of nitrogens with one attached hydrogen (secondary N) is 1. The molecule has 1 unspecified atom stereocenters. The molecule has 23 heavy (non-hydrogen) atoms. The summed E-state index contributed by atoms with van der Waals surface area (Å²) in [5.74, 6) is -0.00533. The molecule has 2 aromatic rings. The Bertz CT molecular complexity index is 791. The number of hydrogen-bond acceptors (Lipinski definition) is 3. The second kappa shape index (κ2) is 6.91. The molecule has 6 heteroatoms. The van der Waals surface area contributed by atoms with Crippen molar-refractivity contribution in [2.24, 2.45) is 20.0 Å². The topological polar surface area (TPSA) is 56.0 Å². The van der Waals surface area contributed by atoms with Crippen LogP contribution in [0.3, 0.4) is 0 Å². The predicted octanol–water partition coefficient (Wildman–Crippen LogP) is 1.71. The van der Waals surface area contributed by atoms with Crippen molar-refractivity contribution in [1.29, 1.82) is 0 Å². The van der Waals surface area contributed by atoms with Gasteiger partial charge in [0.25, 0.3) is 5.56 Å². The number of halogens is 1. The van der Waals surface area contributed by atoms with Gasteiger partial charge in [0, 0.05) is 38.4 Å². The normalized spacial score (nSPS) is 12.6. The Morgan fingerprint density at radius 3 is 2.26 bits per heavy atom. The van der Waals surface area contributed by atoms with Gasteiger partial charge >= 0.3 is 5.69 Å². The first kappa shape index (κ1) is 17.1. The summed E-state index contributed by atoms with van der Waals surface area (Å²) in [6, 6.07) is 7.80. The van der Waals surface area contributed by atoms with Crippen molar-refractivity contribution >= 4 is 0 Å². The van der Waals surface area contributed by atoms with Gasteiger partial charge in [-0.25, -0.2) is 9.18 Å². The third-order valence-electron chi connectivity index (χ3n) is 4.02. The molecule has 0 saturated heterocycles. The quantitative estimate of drug-likeness (QED) is 0.913. The maximum absolute atomic E-state index is 13.1. The van der Waals surface area contributed by atoms with E-state index >= 15 is 0 Å². The number of benzene rings is 1. The maximum Gasteiger partial charge on any atom is 0.330 e. The minimum absolute atomic E-state index is 0.00485. The highest BCUT2D eigenvalue weighted by Gasteiger charge is 2.16. The lowest BCUT2D eigenvalue weighted by atomic mass is 9.96. The highest BCUT2D eigenvalue weighted by Crippen LogP contribution is 2.22. The minimum Gasteiger partial charge on any atom is -0.304 e. The third kappa shape index (κ3) is 3.76. The number of hydrogen-bond donors (Lipinski definition) is 1. The van der Waals surface area contributed by atoms with Gasteiger partial charge in [0.1, 0.15) is 5.82 Å². The van der Waals surface area contributed by atoms with Crippen molar-refractivity contribution in [3.05, 3.63) is 68.2 Å². The fourth-order valence-corrected chi connectivity index (χ4v) is 2.57. The monoisotopic (exact) mass is 319 g/mol. The standard InChI is InChI=1S/C17H22FN3O2/c1-11(2)16(12-5-7-13(18)8-6-12)19-10-14-9-15(22)21(4)17(23)20(14)3/h5-9,11,16,19H,10H2,1-4H3. The van der Waals surface area contributed by atoms with Gasteiger partial charge in [-0.2, -0.15) is 0 Å². The van der Waals surface area contributed by atoms with E-state index in [2.05, 4.69) is 19.2 Å². The molecule has 1 heterocycles. The molecule has 0 amide bonds. The Labute approximate surface area is 134 Å². The van der Waals surface area contributed by atoms with E-state index in [1.807, 2.05) is 0 Å². The van der Waals surface area contributed by atoms with E-state index in [1.54, 1.807) is 19.2 Å². The van der Waals surface area contributed by atoms with Gasteiger partial charge in [-0.1, -0.05) is 26.0 Å². The summed E-state index contributed by atoms with van der Waals surface area (Å²) in [7, 11) is 3.10. The van der Waals surface area contributed by atoms with Crippen LogP contribution in [0.25, 0.3) is 0 Å². The van der Waals surface area contributed by atoms with Gasteiger partial charge in [0.05, 0.1) is 0 Å². The van der Waals surface area contributed by atoms with Gasteiger partial charge in [0.2, 0.25) is 0 Å². The fraction of sp³-hybridized carbons (Fsp3) is 0.412. The number of aromatic nitrogens is 2. The molecule has 5 nitrogen and oxygen atoms in total. The molecule has 1 aromatic carbocycles. The second-order valence-electron chi connectivity index (χ2n) is 6.03. The number of nitrogens with zero attached hydrogens (tertiary/aromatic N) is 2. The molecule has 1 aromatic heterocycles. The Hall–Kier alpha value is -2.21. The van der Waals surface area contributed by atoms with Crippen LogP contribution >= 0.6 is 0 Å². The smallest absolute Gasteiger partial charge is 0.304 e. The minimum atomic E-state index is -0.350. The molecule has 124 valence electrons. The van der Waals surface area contributed by atoms with Crippen LogP contribution in [0.5, 0.6) is 0 Å². The summed E-state index contributed by atoms with van der Waals surface area (Å²) < 4.78 is 15.6. The summed E-state index contributed by atoms with van der Waals surface area (Å²) in [6.45, 7) is 4.50. The lowest BCUT2D eigenvalue weighted by Gasteiger charge is -2.23. The average Bonchev–Trinajstić information content (AvgIpc) is 2.51. The third-order valence-corrected chi connectivity index (χ3v) is 4.02. The van der Waals surface area contributed by atoms with Crippen molar-refractivity contribution in [3.8, 4) is 0 Å².